The van der Waals surface area contributed by atoms with Crippen LogP contribution in [0.3, 0.4) is 0 Å². The summed E-state index contributed by atoms with van der Waals surface area (Å²) in [4.78, 5) is 12.0. The van der Waals surface area contributed by atoms with E-state index in [1.807, 2.05) is 0 Å². The average molecular weight is 518 g/mol. The van der Waals surface area contributed by atoms with Crippen LogP contribution in [0.25, 0.3) is 0 Å². The van der Waals surface area contributed by atoms with Crippen molar-refractivity contribution in [3.63, 3.8) is 0 Å². The SMILES string of the molecule is C[C@@H](O[C@H]1CC[C@@H](C2C[C@H](N)C(=O)N2)[C@@H]1c1ccc(F)cc1)c1cc(C(F)(F)F)cc(C(F)(F)F)c1. The second-order valence-electron chi connectivity index (χ2n) is 9.43. The molecule has 6 atom stereocenters. The van der Waals surface area contributed by atoms with Crippen molar-refractivity contribution in [2.24, 2.45) is 11.7 Å². The Kier molecular flexibility index (Phi) is 7.09. The molecular weight excluding hydrogens is 493 g/mol. The van der Waals surface area contributed by atoms with E-state index >= 15 is 0 Å². The third kappa shape index (κ3) is 5.51. The Balaban J connectivity index is 1.64. The zero-order valence-electron chi connectivity index (χ0n) is 19.2. The van der Waals surface area contributed by atoms with E-state index < -0.39 is 47.5 Å². The normalized spacial score (nSPS) is 27.8. The topological polar surface area (TPSA) is 64.3 Å². The van der Waals surface area contributed by atoms with Gasteiger partial charge in [-0.2, -0.15) is 26.3 Å². The minimum atomic E-state index is -4.97. The lowest BCUT2D eigenvalue weighted by Crippen LogP contribution is -2.36. The largest absolute Gasteiger partial charge is 0.416 e. The Bertz CT molecular complexity index is 1070. The summed E-state index contributed by atoms with van der Waals surface area (Å²) in [7, 11) is 0. The van der Waals surface area contributed by atoms with Gasteiger partial charge in [-0.1, -0.05) is 12.1 Å². The number of halogens is 7. The predicted molar refractivity (Wildman–Crippen MR) is 116 cm³/mol. The molecule has 1 amide bonds. The summed E-state index contributed by atoms with van der Waals surface area (Å²) in [6.45, 7) is 1.40. The van der Waals surface area contributed by atoms with E-state index in [-0.39, 0.29) is 35.4 Å². The third-order valence-corrected chi connectivity index (χ3v) is 7.05. The molecule has 2 aromatic carbocycles. The van der Waals surface area contributed by atoms with Crippen molar-refractivity contribution in [3.8, 4) is 0 Å². The van der Waals surface area contributed by atoms with Gasteiger partial charge in [-0.05, 0) is 73.6 Å². The molecule has 1 saturated carbocycles. The number of rotatable bonds is 5. The van der Waals surface area contributed by atoms with Crippen LogP contribution < -0.4 is 11.1 Å². The molecule has 0 radical (unpaired) electrons. The first-order valence-corrected chi connectivity index (χ1v) is 11.5. The van der Waals surface area contributed by atoms with Crippen molar-refractivity contribution >= 4 is 5.91 Å². The fraction of sp³-hybridized carbons (Fsp3) is 0.480. The number of carbonyl (C=O) groups is 1. The minimum Gasteiger partial charge on any atom is -0.370 e. The van der Waals surface area contributed by atoms with Gasteiger partial charge in [0.25, 0.3) is 0 Å². The zero-order chi connectivity index (χ0) is 26.4. The van der Waals surface area contributed by atoms with Gasteiger partial charge in [0.05, 0.1) is 29.4 Å². The van der Waals surface area contributed by atoms with E-state index in [1.54, 1.807) is 12.1 Å². The van der Waals surface area contributed by atoms with Crippen molar-refractivity contribution in [1.82, 2.24) is 5.32 Å². The number of nitrogens with one attached hydrogen (secondary N) is 1. The maximum atomic E-state index is 13.6. The molecule has 1 aliphatic heterocycles. The van der Waals surface area contributed by atoms with Gasteiger partial charge in [0.1, 0.15) is 5.82 Å². The molecule has 1 saturated heterocycles. The number of alkyl halides is 6. The van der Waals surface area contributed by atoms with Gasteiger partial charge in [0.2, 0.25) is 5.91 Å². The molecule has 1 heterocycles. The molecule has 1 unspecified atom stereocenters. The van der Waals surface area contributed by atoms with Crippen LogP contribution in [0.2, 0.25) is 0 Å². The molecule has 4 nitrogen and oxygen atoms in total. The van der Waals surface area contributed by atoms with Crippen molar-refractivity contribution in [2.45, 2.75) is 68.7 Å². The molecule has 2 fully saturated rings. The molecule has 36 heavy (non-hydrogen) atoms. The lowest BCUT2D eigenvalue weighted by Gasteiger charge is -2.31. The zero-order valence-corrected chi connectivity index (χ0v) is 19.2. The van der Waals surface area contributed by atoms with E-state index in [0.29, 0.717) is 37.0 Å². The Morgan fingerprint density at radius 1 is 0.972 bits per heavy atom. The van der Waals surface area contributed by atoms with Gasteiger partial charge >= 0.3 is 12.4 Å². The lowest BCUT2D eigenvalue weighted by atomic mass is 9.82. The molecule has 196 valence electrons. The molecular formula is C25H25F7N2O2. The Morgan fingerprint density at radius 2 is 1.56 bits per heavy atom. The molecule has 0 aromatic heterocycles. The summed E-state index contributed by atoms with van der Waals surface area (Å²) >= 11 is 0. The van der Waals surface area contributed by atoms with E-state index in [2.05, 4.69) is 5.32 Å². The summed E-state index contributed by atoms with van der Waals surface area (Å²) in [5, 5.41) is 2.87. The molecule has 2 aliphatic rings. The monoisotopic (exact) mass is 518 g/mol. The van der Waals surface area contributed by atoms with E-state index in [9.17, 15) is 35.5 Å². The van der Waals surface area contributed by atoms with Gasteiger partial charge in [-0.25, -0.2) is 4.39 Å². The maximum absolute atomic E-state index is 13.6. The van der Waals surface area contributed by atoms with Crippen LogP contribution in [0.1, 0.15) is 60.5 Å². The summed E-state index contributed by atoms with van der Waals surface area (Å²) in [5.74, 6) is -1.29. The van der Waals surface area contributed by atoms with Gasteiger partial charge in [0.15, 0.2) is 0 Å². The Hall–Kier alpha value is -2.66. The first-order valence-electron chi connectivity index (χ1n) is 11.5. The van der Waals surface area contributed by atoms with Gasteiger partial charge in [-0.3, -0.25) is 4.79 Å². The second kappa shape index (κ2) is 9.66. The molecule has 0 bridgehead atoms. The molecule has 4 rings (SSSR count). The number of benzene rings is 2. The third-order valence-electron chi connectivity index (χ3n) is 7.05. The highest BCUT2D eigenvalue weighted by Crippen LogP contribution is 2.47. The average Bonchev–Trinajstić information content (AvgIpc) is 3.35. The quantitative estimate of drug-likeness (QED) is 0.498. The molecule has 1 aliphatic carbocycles. The van der Waals surface area contributed by atoms with E-state index in [0.717, 1.165) is 0 Å². The van der Waals surface area contributed by atoms with Crippen LogP contribution in [0.5, 0.6) is 0 Å². The summed E-state index contributed by atoms with van der Waals surface area (Å²) in [6, 6.07) is 6.13. The standard InChI is InChI=1S/C25H25F7N2O2/c1-12(14-8-15(24(27,28)29)10-16(9-14)25(30,31)32)36-21-7-6-18(20-11-19(33)23(35)34-20)22(21)13-2-4-17(26)5-3-13/h2-5,8-10,12,18-22H,6-7,11,33H2,1H3,(H,34,35)/t12-,18+,19+,20?,21+,22+/m1/s1. The number of amides is 1. The predicted octanol–water partition coefficient (Wildman–Crippen LogP) is 5.72. The molecule has 3 N–H and O–H groups in total. The minimum absolute atomic E-state index is 0.0785. The highest BCUT2D eigenvalue weighted by molar-refractivity contribution is 5.84. The fourth-order valence-electron chi connectivity index (χ4n) is 5.31. The maximum Gasteiger partial charge on any atom is 0.416 e. The number of carbonyl (C=O) groups excluding carboxylic acids is 1. The summed E-state index contributed by atoms with van der Waals surface area (Å²) in [6.07, 6.45) is -10.2. The van der Waals surface area contributed by atoms with Gasteiger partial charge < -0.3 is 15.8 Å². The number of nitrogens with two attached hydrogens (primary N) is 1. The van der Waals surface area contributed by atoms with Crippen LogP contribution in [0, 0.1) is 11.7 Å². The first kappa shape index (κ1) is 26.4. The van der Waals surface area contributed by atoms with Crippen LogP contribution in [-0.2, 0) is 21.9 Å². The number of hydrogen-bond donors (Lipinski definition) is 2. The van der Waals surface area contributed by atoms with Crippen molar-refractivity contribution in [3.05, 3.63) is 70.5 Å². The Labute approximate surface area is 203 Å². The smallest absolute Gasteiger partial charge is 0.370 e. The van der Waals surface area contributed by atoms with Crippen LogP contribution in [-0.4, -0.2) is 24.1 Å². The molecule has 11 heteroatoms. The number of ether oxygens (including phenoxy) is 1. The van der Waals surface area contributed by atoms with Gasteiger partial charge in [-0.15, -0.1) is 0 Å². The fourth-order valence-corrected chi connectivity index (χ4v) is 5.31. The van der Waals surface area contributed by atoms with Crippen molar-refractivity contribution in [2.75, 3.05) is 0 Å². The lowest BCUT2D eigenvalue weighted by molar-refractivity contribution is -0.143. The van der Waals surface area contributed by atoms with Crippen LogP contribution >= 0.6 is 0 Å². The van der Waals surface area contributed by atoms with Gasteiger partial charge in [0, 0.05) is 12.0 Å². The van der Waals surface area contributed by atoms with E-state index in [1.165, 1.54) is 19.1 Å². The highest BCUT2D eigenvalue weighted by atomic mass is 19.4. The number of hydrogen-bond acceptors (Lipinski definition) is 3. The van der Waals surface area contributed by atoms with Crippen LogP contribution in [0.4, 0.5) is 30.7 Å². The van der Waals surface area contributed by atoms with Crippen molar-refractivity contribution in [1.29, 1.82) is 0 Å². The summed E-state index contributed by atoms with van der Waals surface area (Å²) in [5.41, 5.74) is 3.47. The van der Waals surface area contributed by atoms with Crippen LogP contribution in [0.15, 0.2) is 42.5 Å². The molecule has 0 spiro atoms. The summed E-state index contributed by atoms with van der Waals surface area (Å²) < 4.78 is 99.6. The highest BCUT2D eigenvalue weighted by Gasteiger charge is 2.46. The van der Waals surface area contributed by atoms with Crippen molar-refractivity contribution < 1.29 is 40.3 Å². The Morgan fingerprint density at radius 3 is 2.06 bits per heavy atom. The molecule has 2 aromatic rings. The second-order valence-corrected chi connectivity index (χ2v) is 9.43. The first-order chi connectivity index (χ1) is 16.7. The van der Waals surface area contributed by atoms with E-state index in [4.69, 9.17) is 10.5 Å².